The summed E-state index contributed by atoms with van der Waals surface area (Å²) in [5, 5.41) is 21.0. The van der Waals surface area contributed by atoms with Gasteiger partial charge in [-0.15, -0.1) is 0 Å². The van der Waals surface area contributed by atoms with Crippen molar-refractivity contribution >= 4 is 5.69 Å². The molecule has 0 saturated heterocycles. The Labute approximate surface area is 88.6 Å². The van der Waals surface area contributed by atoms with E-state index in [0.717, 1.165) is 0 Å². The predicted octanol–water partition coefficient (Wildman–Crippen LogP) is 1.96. The van der Waals surface area contributed by atoms with E-state index in [2.05, 4.69) is 5.32 Å². The van der Waals surface area contributed by atoms with Gasteiger partial charge in [-0.2, -0.15) is 0 Å². The van der Waals surface area contributed by atoms with Crippen LogP contribution in [0.1, 0.15) is 13.8 Å². The third-order valence-corrected chi connectivity index (χ3v) is 2.15. The number of halogens is 1. The van der Waals surface area contributed by atoms with Crippen LogP contribution >= 0.6 is 0 Å². The second-order valence-corrected chi connectivity index (χ2v) is 4.34. The van der Waals surface area contributed by atoms with Crippen LogP contribution in [0.4, 0.5) is 10.1 Å². The summed E-state index contributed by atoms with van der Waals surface area (Å²) in [7, 11) is 0. The highest BCUT2D eigenvalue weighted by atomic mass is 19.1. The molecule has 0 unspecified atom stereocenters. The Balaban J connectivity index is 2.62. The molecule has 0 amide bonds. The monoisotopic (exact) mass is 213 g/mol. The highest BCUT2D eigenvalue weighted by Crippen LogP contribution is 2.21. The first-order valence-corrected chi connectivity index (χ1v) is 4.78. The number of hydrogen-bond acceptors (Lipinski definition) is 3. The zero-order valence-corrected chi connectivity index (χ0v) is 8.92. The van der Waals surface area contributed by atoms with Crippen LogP contribution < -0.4 is 5.32 Å². The van der Waals surface area contributed by atoms with Crippen LogP contribution in [0.2, 0.25) is 0 Å². The quantitative estimate of drug-likeness (QED) is 0.670. The van der Waals surface area contributed by atoms with Gasteiger partial charge in [0, 0.05) is 30.3 Å². The number of aliphatic hydroxyl groups excluding tert-OH is 1. The van der Waals surface area contributed by atoms with Gasteiger partial charge in [0.25, 0.3) is 0 Å². The van der Waals surface area contributed by atoms with Crippen LogP contribution in [0.5, 0.6) is 5.75 Å². The Hall–Kier alpha value is -1.29. The van der Waals surface area contributed by atoms with Gasteiger partial charge in [0.15, 0.2) is 11.6 Å². The van der Waals surface area contributed by atoms with Crippen molar-refractivity contribution in [1.29, 1.82) is 0 Å². The van der Waals surface area contributed by atoms with Crippen molar-refractivity contribution in [3.05, 3.63) is 24.0 Å². The topological polar surface area (TPSA) is 52.5 Å². The number of nitrogens with one attached hydrogen (secondary N) is 1. The van der Waals surface area contributed by atoms with Gasteiger partial charge in [0.05, 0.1) is 0 Å². The number of aromatic hydroxyl groups is 1. The van der Waals surface area contributed by atoms with Gasteiger partial charge in [-0.1, -0.05) is 13.8 Å². The lowest BCUT2D eigenvalue weighted by molar-refractivity contribution is 0.171. The molecule has 0 radical (unpaired) electrons. The second kappa shape index (κ2) is 4.49. The first-order valence-electron chi connectivity index (χ1n) is 4.78. The SMILES string of the molecule is CC(C)(CO)CNc1ccc(O)c(F)c1. The van der Waals surface area contributed by atoms with Crippen molar-refractivity contribution in [2.75, 3.05) is 18.5 Å². The Morgan fingerprint density at radius 1 is 1.40 bits per heavy atom. The average Bonchev–Trinajstić information content (AvgIpc) is 2.20. The summed E-state index contributed by atoms with van der Waals surface area (Å²) in [4.78, 5) is 0. The molecule has 0 bridgehead atoms. The fourth-order valence-corrected chi connectivity index (χ4v) is 1.01. The molecular formula is C11H16FNO2. The molecule has 0 fully saturated rings. The summed E-state index contributed by atoms with van der Waals surface area (Å²) < 4.78 is 12.9. The number of benzene rings is 1. The molecule has 1 aromatic rings. The summed E-state index contributed by atoms with van der Waals surface area (Å²) in [6, 6.07) is 4.11. The molecule has 1 aromatic carbocycles. The third-order valence-electron chi connectivity index (χ3n) is 2.15. The van der Waals surface area contributed by atoms with Crippen LogP contribution in [-0.4, -0.2) is 23.4 Å². The van der Waals surface area contributed by atoms with Crippen molar-refractivity contribution in [3.8, 4) is 5.75 Å². The Morgan fingerprint density at radius 3 is 2.60 bits per heavy atom. The van der Waals surface area contributed by atoms with E-state index in [4.69, 9.17) is 10.2 Å². The molecule has 0 aliphatic carbocycles. The smallest absolute Gasteiger partial charge is 0.166 e. The predicted molar refractivity (Wildman–Crippen MR) is 57.4 cm³/mol. The number of aliphatic hydroxyl groups is 1. The minimum absolute atomic E-state index is 0.0561. The summed E-state index contributed by atoms with van der Waals surface area (Å²) >= 11 is 0. The van der Waals surface area contributed by atoms with E-state index in [1.54, 1.807) is 6.07 Å². The van der Waals surface area contributed by atoms with E-state index in [1.165, 1.54) is 12.1 Å². The lowest BCUT2D eigenvalue weighted by atomic mass is 9.95. The Bertz CT molecular complexity index is 339. The number of hydrogen-bond donors (Lipinski definition) is 3. The largest absolute Gasteiger partial charge is 0.505 e. The number of anilines is 1. The molecule has 3 nitrogen and oxygen atoms in total. The molecular weight excluding hydrogens is 197 g/mol. The van der Waals surface area contributed by atoms with Crippen molar-refractivity contribution in [2.24, 2.45) is 5.41 Å². The normalized spacial score (nSPS) is 11.5. The van der Waals surface area contributed by atoms with Gasteiger partial charge in [-0.05, 0) is 12.1 Å². The fraction of sp³-hybridized carbons (Fsp3) is 0.455. The third kappa shape index (κ3) is 3.40. The van der Waals surface area contributed by atoms with E-state index in [-0.39, 0.29) is 17.8 Å². The summed E-state index contributed by atoms with van der Waals surface area (Å²) in [5.41, 5.74) is 0.334. The van der Waals surface area contributed by atoms with Crippen LogP contribution in [0.15, 0.2) is 18.2 Å². The molecule has 0 saturated carbocycles. The number of rotatable bonds is 4. The number of phenolic OH excluding ortho intramolecular Hbond substituents is 1. The van der Waals surface area contributed by atoms with Crippen LogP contribution in [0.25, 0.3) is 0 Å². The molecule has 0 aliphatic heterocycles. The average molecular weight is 213 g/mol. The zero-order chi connectivity index (χ0) is 11.5. The molecule has 0 atom stereocenters. The van der Waals surface area contributed by atoms with Gasteiger partial charge in [-0.25, -0.2) is 4.39 Å². The van der Waals surface area contributed by atoms with Crippen LogP contribution in [0.3, 0.4) is 0 Å². The van der Waals surface area contributed by atoms with E-state index in [0.29, 0.717) is 12.2 Å². The summed E-state index contributed by atoms with van der Waals surface area (Å²) in [6.07, 6.45) is 0. The van der Waals surface area contributed by atoms with E-state index >= 15 is 0 Å². The van der Waals surface area contributed by atoms with Crippen molar-refractivity contribution in [1.82, 2.24) is 0 Å². The molecule has 0 heterocycles. The molecule has 3 N–H and O–H groups in total. The van der Waals surface area contributed by atoms with Gasteiger partial charge in [0.1, 0.15) is 0 Å². The molecule has 1 rings (SSSR count). The maximum Gasteiger partial charge on any atom is 0.166 e. The minimum atomic E-state index is -0.651. The van der Waals surface area contributed by atoms with Crippen LogP contribution in [-0.2, 0) is 0 Å². The van der Waals surface area contributed by atoms with E-state index in [1.807, 2.05) is 13.8 Å². The van der Waals surface area contributed by atoms with E-state index in [9.17, 15) is 4.39 Å². The van der Waals surface area contributed by atoms with Crippen LogP contribution in [0, 0.1) is 11.2 Å². The molecule has 0 spiro atoms. The molecule has 84 valence electrons. The Kier molecular flexibility index (Phi) is 3.52. The van der Waals surface area contributed by atoms with Gasteiger partial charge in [0.2, 0.25) is 0 Å². The maximum atomic E-state index is 12.9. The van der Waals surface area contributed by atoms with Crippen molar-refractivity contribution < 1.29 is 14.6 Å². The zero-order valence-electron chi connectivity index (χ0n) is 8.92. The summed E-state index contributed by atoms with van der Waals surface area (Å²) in [5.74, 6) is -1.01. The van der Waals surface area contributed by atoms with E-state index < -0.39 is 5.82 Å². The second-order valence-electron chi connectivity index (χ2n) is 4.34. The highest BCUT2D eigenvalue weighted by molar-refractivity contribution is 5.46. The minimum Gasteiger partial charge on any atom is -0.505 e. The van der Waals surface area contributed by atoms with Crippen molar-refractivity contribution in [2.45, 2.75) is 13.8 Å². The number of phenols is 1. The molecule has 4 heteroatoms. The molecule has 15 heavy (non-hydrogen) atoms. The standard InChI is InChI=1S/C11H16FNO2/c1-11(2,7-14)6-13-8-3-4-10(15)9(12)5-8/h3-5,13-15H,6-7H2,1-2H3. The molecule has 0 aliphatic rings. The first-order chi connectivity index (χ1) is 6.94. The summed E-state index contributed by atoms with van der Waals surface area (Å²) in [6.45, 7) is 4.39. The Morgan fingerprint density at radius 2 is 2.07 bits per heavy atom. The van der Waals surface area contributed by atoms with Gasteiger partial charge < -0.3 is 15.5 Å². The van der Waals surface area contributed by atoms with Gasteiger partial charge >= 0.3 is 0 Å². The molecule has 0 aromatic heterocycles. The fourth-order valence-electron chi connectivity index (χ4n) is 1.01. The van der Waals surface area contributed by atoms with Crippen molar-refractivity contribution in [3.63, 3.8) is 0 Å². The lowest BCUT2D eigenvalue weighted by Gasteiger charge is -2.22. The lowest BCUT2D eigenvalue weighted by Crippen LogP contribution is -2.26. The maximum absolute atomic E-state index is 12.9. The van der Waals surface area contributed by atoms with Gasteiger partial charge in [-0.3, -0.25) is 0 Å². The highest BCUT2D eigenvalue weighted by Gasteiger charge is 2.15. The first kappa shape index (κ1) is 11.8.